The molecular weight excluding hydrogens is 366 g/mol. The first-order valence-corrected chi connectivity index (χ1v) is 9.26. The van der Waals surface area contributed by atoms with E-state index in [9.17, 15) is 9.59 Å². The lowest BCUT2D eigenvalue weighted by molar-refractivity contribution is -0.150. The van der Waals surface area contributed by atoms with Gasteiger partial charge in [0.25, 0.3) is 5.91 Å². The SMILES string of the molecule is CCC[C@@H](NC(=O)COC(=O)COc1ccc(Cl)c(C)c1)c1ccccc1. The average Bonchev–Trinajstić information content (AvgIpc) is 2.67. The average molecular weight is 390 g/mol. The summed E-state index contributed by atoms with van der Waals surface area (Å²) in [6.45, 7) is 3.29. The first kappa shape index (κ1) is 20.8. The van der Waals surface area contributed by atoms with Crippen molar-refractivity contribution >= 4 is 23.5 Å². The fourth-order valence-electron chi connectivity index (χ4n) is 2.57. The number of rotatable bonds is 9. The van der Waals surface area contributed by atoms with E-state index in [1.165, 1.54) is 0 Å². The first-order valence-electron chi connectivity index (χ1n) is 8.88. The van der Waals surface area contributed by atoms with Crippen molar-refractivity contribution in [3.05, 3.63) is 64.7 Å². The van der Waals surface area contributed by atoms with E-state index in [4.69, 9.17) is 21.1 Å². The van der Waals surface area contributed by atoms with Crippen LogP contribution in [0, 0.1) is 6.92 Å². The highest BCUT2D eigenvalue weighted by molar-refractivity contribution is 6.31. The van der Waals surface area contributed by atoms with Crippen LogP contribution >= 0.6 is 11.6 Å². The van der Waals surface area contributed by atoms with Crippen molar-refractivity contribution in [1.82, 2.24) is 5.32 Å². The normalized spacial score (nSPS) is 11.5. The van der Waals surface area contributed by atoms with Gasteiger partial charge >= 0.3 is 5.97 Å². The summed E-state index contributed by atoms with van der Waals surface area (Å²) in [7, 11) is 0. The fraction of sp³-hybridized carbons (Fsp3) is 0.333. The van der Waals surface area contributed by atoms with Gasteiger partial charge in [-0.2, -0.15) is 0 Å². The molecule has 2 rings (SSSR count). The van der Waals surface area contributed by atoms with E-state index in [-0.39, 0.29) is 25.2 Å². The Morgan fingerprint density at radius 1 is 1.11 bits per heavy atom. The summed E-state index contributed by atoms with van der Waals surface area (Å²) in [5.74, 6) is -0.428. The van der Waals surface area contributed by atoms with Crippen LogP contribution in [0.4, 0.5) is 0 Å². The summed E-state index contributed by atoms with van der Waals surface area (Å²) in [5, 5.41) is 3.53. The van der Waals surface area contributed by atoms with Gasteiger partial charge in [-0.3, -0.25) is 4.79 Å². The van der Waals surface area contributed by atoms with Gasteiger partial charge in [-0.1, -0.05) is 55.3 Å². The maximum Gasteiger partial charge on any atom is 0.344 e. The summed E-state index contributed by atoms with van der Waals surface area (Å²) in [6, 6.07) is 14.7. The zero-order valence-corrected chi connectivity index (χ0v) is 16.3. The number of hydrogen-bond acceptors (Lipinski definition) is 4. The molecule has 0 saturated carbocycles. The Morgan fingerprint density at radius 2 is 1.85 bits per heavy atom. The minimum Gasteiger partial charge on any atom is -0.482 e. The molecule has 27 heavy (non-hydrogen) atoms. The minimum absolute atomic E-state index is 0.101. The Balaban J connectivity index is 1.78. The zero-order chi connectivity index (χ0) is 19.6. The molecular formula is C21H24ClNO4. The van der Waals surface area contributed by atoms with Crippen molar-refractivity contribution in [3.8, 4) is 5.75 Å². The van der Waals surface area contributed by atoms with Gasteiger partial charge in [0.15, 0.2) is 13.2 Å². The Hall–Kier alpha value is -2.53. The van der Waals surface area contributed by atoms with E-state index in [1.807, 2.05) is 37.3 Å². The second kappa shape index (κ2) is 10.6. The fourth-order valence-corrected chi connectivity index (χ4v) is 2.69. The van der Waals surface area contributed by atoms with Crippen LogP contribution < -0.4 is 10.1 Å². The van der Waals surface area contributed by atoms with Crippen molar-refractivity contribution in [2.75, 3.05) is 13.2 Å². The number of ether oxygens (including phenoxy) is 2. The second-order valence-corrected chi connectivity index (χ2v) is 6.59. The molecule has 0 bridgehead atoms. The summed E-state index contributed by atoms with van der Waals surface area (Å²) < 4.78 is 10.4. The predicted octanol–water partition coefficient (Wildman–Crippen LogP) is 4.23. The maximum absolute atomic E-state index is 12.1. The van der Waals surface area contributed by atoms with Crippen molar-refractivity contribution in [2.45, 2.75) is 32.7 Å². The number of benzene rings is 2. The lowest BCUT2D eigenvalue weighted by Gasteiger charge is -2.18. The molecule has 1 N–H and O–H groups in total. The van der Waals surface area contributed by atoms with Crippen LogP contribution in [-0.4, -0.2) is 25.1 Å². The van der Waals surface area contributed by atoms with E-state index in [2.05, 4.69) is 12.2 Å². The standard InChI is InChI=1S/C21H24ClNO4/c1-3-7-19(16-8-5-4-6-9-16)23-20(24)13-27-21(25)14-26-17-10-11-18(22)15(2)12-17/h4-6,8-12,19H,3,7,13-14H2,1-2H3,(H,23,24)/t19-/m1/s1. The van der Waals surface area contributed by atoms with Crippen LogP contribution in [-0.2, 0) is 14.3 Å². The van der Waals surface area contributed by atoms with Crippen molar-refractivity contribution in [2.24, 2.45) is 0 Å². The van der Waals surface area contributed by atoms with Gasteiger partial charge < -0.3 is 14.8 Å². The van der Waals surface area contributed by atoms with Gasteiger partial charge in [-0.05, 0) is 42.7 Å². The van der Waals surface area contributed by atoms with Crippen molar-refractivity contribution in [3.63, 3.8) is 0 Å². The third kappa shape index (κ3) is 6.94. The minimum atomic E-state index is -0.607. The Bertz CT molecular complexity index is 764. The van der Waals surface area contributed by atoms with Gasteiger partial charge in [-0.15, -0.1) is 0 Å². The number of halogens is 1. The number of carbonyl (C=O) groups is 2. The zero-order valence-electron chi connectivity index (χ0n) is 15.5. The molecule has 2 aromatic rings. The highest BCUT2D eigenvalue weighted by atomic mass is 35.5. The quantitative estimate of drug-likeness (QED) is 0.652. The Labute approximate surface area is 164 Å². The highest BCUT2D eigenvalue weighted by Gasteiger charge is 2.15. The molecule has 6 heteroatoms. The number of carbonyl (C=O) groups excluding carboxylic acids is 2. The smallest absolute Gasteiger partial charge is 0.344 e. The molecule has 0 aliphatic heterocycles. The van der Waals surface area contributed by atoms with Crippen LogP contribution in [0.25, 0.3) is 0 Å². The molecule has 0 unspecified atom stereocenters. The van der Waals surface area contributed by atoms with Gasteiger partial charge in [0, 0.05) is 5.02 Å². The summed E-state index contributed by atoms with van der Waals surface area (Å²) in [4.78, 5) is 23.9. The topological polar surface area (TPSA) is 64.6 Å². The van der Waals surface area contributed by atoms with E-state index in [0.717, 1.165) is 24.0 Å². The van der Waals surface area contributed by atoms with Crippen LogP contribution in [0.3, 0.4) is 0 Å². The Morgan fingerprint density at radius 3 is 2.52 bits per heavy atom. The molecule has 0 aliphatic carbocycles. The van der Waals surface area contributed by atoms with Crippen LogP contribution in [0.2, 0.25) is 5.02 Å². The molecule has 0 fully saturated rings. The maximum atomic E-state index is 12.1. The van der Waals surface area contributed by atoms with Crippen molar-refractivity contribution < 1.29 is 19.1 Å². The molecule has 0 heterocycles. The number of hydrogen-bond donors (Lipinski definition) is 1. The number of nitrogens with one attached hydrogen (secondary N) is 1. The van der Waals surface area contributed by atoms with E-state index < -0.39 is 5.97 Å². The van der Waals surface area contributed by atoms with Gasteiger partial charge in [0.05, 0.1) is 6.04 Å². The monoisotopic (exact) mass is 389 g/mol. The molecule has 0 aliphatic rings. The summed E-state index contributed by atoms with van der Waals surface area (Å²) >= 11 is 5.94. The summed E-state index contributed by atoms with van der Waals surface area (Å²) in [5.41, 5.74) is 1.88. The first-order chi connectivity index (χ1) is 13.0. The van der Waals surface area contributed by atoms with Gasteiger partial charge in [-0.25, -0.2) is 4.79 Å². The molecule has 0 saturated heterocycles. The molecule has 0 spiro atoms. The predicted molar refractivity (Wildman–Crippen MR) is 105 cm³/mol. The molecule has 2 aromatic carbocycles. The van der Waals surface area contributed by atoms with E-state index >= 15 is 0 Å². The lowest BCUT2D eigenvalue weighted by atomic mass is 10.0. The second-order valence-electron chi connectivity index (χ2n) is 6.18. The third-order valence-electron chi connectivity index (χ3n) is 3.96. The lowest BCUT2D eigenvalue weighted by Crippen LogP contribution is -2.33. The molecule has 0 aromatic heterocycles. The van der Waals surface area contributed by atoms with Crippen molar-refractivity contribution in [1.29, 1.82) is 0 Å². The van der Waals surface area contributed by atoms with Crippen LogP contribution in [0.1, 0.15) is 36.9 Å². The highest BCUT2D eigenvalue weighted by Crippen LogP contribution is 2.21. The molecule has 1 atom stereocenters. The van der Waals surface area contributed by atoms with E-state index in [0.29, 0.717) is 10.8 Å². The Kier molecular flexibility index (Phi) is 8.14. The molecule has 1 amide bonds. The number of esters is 1. The van der Waals surface area contributed by atoms with E-state index in [1.54, 1.807) is 18.2 Å². The molecule has 5 nitrogen and oxygen atoms in total. The molecule has 144 valence electrons. The van der Waals surface area contributed by atoms with Crippen LogP contribution in [0.5, 0.6) is 5.75 Å². The van der Waals surface area contributed by atoms with Gasteiger partial charge in [0.2, 0.25) is 0 Å². The largest absolute Gasteiger partial charge is 0.482 e. The van der Waals surface area contributed by atoms with Crippen LogP contribution in [0.15, 0.2) is 48.5 Å². The molecule has 0 radical (unpaired) electrons. The third-order valence-corrected chi connectivity index (χ3v) is 4.39. The number of amides is 1. The van der Waals surface area contributed by atoms with Gasteiger partial charge in [0.1, 0.15) is 5.75 Å². The number of aryl methyl sites for hydroxylation is 1. The summed E-state index contributed by atoms with van der Waals surface area (Å²) in [6.07, 6.45) is 1.73.